The van der Waals surface area contributed by atoms with Gasteiger partial charge in [-0.3, -0.25) is 0 Å². The predicted octanol–water partition coefficient (Wildman–Crippen LogP) is 3.98. The Labute approximate surface area is 108 Å². The van der Waals surface area contributed by atoms with Gasteiger partial charge in [0, 0.05) is 9.79 Å². The molecule has 4 heteroatoms. The maximum Gasteiger partial charge on any atom is 0.335 e. The van der Waals surface area contributed by atoms with E-state index in [1.165, 1.54) is 23.9 Å². The molecule has 0 aliphatic heterocycles. The molecule has 2 aromatic rings. The monoisotopic (exact) mass is 262 g/mol. The lowest BCUT2D eigenvalue weighted by molar-refractivity contribution is 0.0696. The SMILES string of the molecule is Cc1cc(C(=O)O)ccc1Sc1cccc(F)c1. The van der Waals surface area contributed by atoms with Crippen LogP contribution in [0.15, 0.2) is 52.3 Å². The lowest BCUT2D eigenvalue weighted by atomic mass is 10.1. The normalized spacial score (nSPS) is 10.3. The van der Waals surface area contributed by atoms with Gasteiger partial charge in [-0.25, -0.2) is 9.18 Å². The maximum atomic E-state index is 13.0. The summed E-state index contributed by atoms with van der Waals surface area (Å²) in [5.41, 5.74) is 1.13. The molecule has 2 nitrogen and oxygen atoms in total. The van der Waals surface area contributed by atoms with Crippen molar-refractivity contribution >= 4 is 17.7 Å². The molecule has 0 spiro atoms. The van der Waals surface area contributed by atoms with Crippen molar-refractivity contribution in [3.8, 4) is 0 Å². The van der Waals surface area contributed by atoms with Crippen molar-refractivity contribution in [2.75, 3.05) is 0 Å². The lowest BCUT2D eigenvalue weighted by Crippen LogP contribution is -1.96. The Morgan fingerprint density at radius 2 is 2.00 bits per heavy atom. The third kappa shape index (κ3) is 2.90. The van der Waals surface area contributed by atoms with Gasteiger partial charge >= 0.3 is 5.97 Å². The van der Waals surface area contributed by atoms with Crippen LogP contribution in [0.25, 0.3) is 0 Å². The van der Waals surface area contributed by atoms with Gasteiger partial charge in [0.2, 0.25) is 0 Å². The van der Waals surface area contributed by atoms with E-state index >= 15 is 0 Å². The van der Waals surface area contributed by atoms with Crippen LogP contribution in [0.5, 0.6) is 0 Å². The number of aryl methyl sites for hydroxylation is 1. The minimum absolute atomic E-state index is 0.260. The molecule has 0 aromatic heterocycles. The van der Waals surface area contributed by atoms with Gasteiger partial charge in [-0.15, -0.1) is 0 Å². The highest BCUT2D eigenvalue weighted by Gasteiger charge is 2.07. The summed E-state index contributed by atoms with van der Waals surface area (Å²) < 4.78 is 13.0. The molecule has 0 saturated carbocycles. The van der Waals surface area contributed by atoms with E-state index in [-0.39, 0.29) is 11.4 Å². The molecular formula is C14H11FO2S. The van der Waals surface area contributed by atoms with Crippen LogP contribution < -0.4 is 0 Å². The van der Waals surface area contributed by atoms with Gasteiger partial charge < -0.3 is 5.11 Å². The first-order valence-corrected chi connectivity index (χ1v) is 6.15. The van der Waals surface area contributed by atoms with E-state index in [1.54, 1.807) is 24.3 Å². The summed E-state index contributed by atoms with van der Waals surface area (Å²) in [7, 11) is 0. The number of hydrogen-bond donors (Lipinski definition) is 1. The molecule has 0 amide bonds. The van der Waals surface area contributed by atoms with Crippen LogP contribution in [-0.2, 0) is 0 Å². The molecule has 2 aromatic carbocycles. The quantitative estimate of drug-likeness (QED) is 0.909. The summed E-state index contributed by atoms with van der Waals surface area (Å²) in [4.78, 5) is 12.5. The van der Waals surface area contributed by atoms with Gasteiger partial charge in [0.25, 0.3) is 0 Å². The van der Waals surface area contributed by atoms with E-state index in [2.05, 4.69) is 0 Å². The summed E-state index contributed by atoms with van der Waals surface area (Å²) in [6, 6.07) is 11.2. The zero-order chi connectivity index (χ0) is 13.1. The molecule has 92 valence electrons. The second-order valence-corrected chi connectivity index (χ2v) is 4.96. The molecule has 0 atom stereocenters. The number of halogens is 1. The van der Waals surface area contributed by atoms with Crippen LogP contribution in [0.3, 0.4) is 0 Å². The molecule has 1 N–H and O–H groups in total. The summed E-state index contributed by atoms with van der Waals surface area (Å²) in [6.45, 7) is 1.84. The molecule has 0 unspecified atom stereocenters. The highest BCUT2D eigenvalue weighted by atomic mass is 32.2. The molecule has 18 heavy (non-hydrogen) atoms. The summed E-state index contributed by atoms with van der Waals surface area (Å²) in [6.07, 6.45) is 0. The minimum atomic E-state index is -0.944. The molecule has 0 radical (unpaired) electrons. The summed E-state index contributed by atoms with van der Waals surface area (Å²) in [5.74, 6) is -1.22. The third-order valence-electron chi connectivity index (χ3n) is 2.45. The van der Waals surface area contributed by atoms with Crippen LogP contribution in [0.4, 0.5) is 4.39 Å². The van der Waals surface area contributed by atoms with E-state index in [1.807, 2.05) is 13.0 Å². The van der Waals surface area contributed by atoms with E-state index in [4.69, 9.17) is 5.11 Å². The van der Waals surface area contributed by atoms with Crippen LogP contribution >= 0.6 is 11.8 Å². The van der Waals surface area contributed by atoms with Crippen molar-refractivity contribution in [3.63, 3.8) is 0 Å². The van der Waals surface area contributed by atoms with E-state index in [0.717, 1.165) is 15.4 Å². The Morgan fingerprint density at radius 1 is 1.22 bits per heavy atom. The highest BCUT2D eigenvalue weighted by molar-refractivity contribution is 7.99. The van der Waals surface area contributed by atoms with Gasteiger partial charge in [-0.2, -0.15) is 0 Å². The average Bonchev–Trinajstić information content (AvgIpc) is 2.31. The minimum Gasteiger partial charge on any atom is -0.478 e. The number of carboxylic acids is 1. The van der Waals surface area contributed by atoms with Crippen molar-refractivity contribution < 1.29 is 14.3 Å². The Kier molecular flexibility index (Phi) is 3.67. The number of aromatic carboxylic acids is 1. The number of carbonyl (C=O) groups is 1. The fourth-order valence-electron chi connectivity index (χ4n) is 1.55. The fraction of sp³-hybridized carbons (Fsp3) is 0.0714. The fourth-order valence-corrected chi connectivity index (χ4v) is 2.48. The molecule has 0 heterocycles. The van der Waals surface area contributed by atoms with Crippen molar-refractivity contribution in [1.82, 2.24) is 0 Å². The maximum absolute atomic E-state index is 13.0. The second kappa shape index (κ2) is 5.23. The Balaban J connectivity index is 2.27. The number of carboxylic acid groups (broad SMARTS) is 1. The summed E-state index contributed by atoms with van der Waals surface area (Å²) in [5, 5.41) is 8.87. The highest BCUT2D eigenvalue weighted by Crippen LogP contribution is 2.30. The first-order valence-electron chi connectivity index (χ1n) is 5.33. The largest absolute Gasteiger partial charge is 0.478 e. The average molecular weight is 262 g/mol. The Morgan fingerprint density at radius 3 is 2.61 bits per heavy atom. The van der Waals surface area contributed by atoms with E-state index in [9.17, 15) is 9.18 Å². The van der Waals surface area contributed by atoms with Gasteiger partial charge in [-0.1, -0.05) is 17.8 Å². The van der Waals surface area contributed by atoms with Crippen LogP contribution in [-0.4, -0.2) is 11.1 Å². The van der Waals surface area contributed by atoms with Crippen LogP contribution in [0.2, 0.25) is 0 Å². The topological polar surface area (TPSA) is 37.3 Å². The molecule has 2 rings (SSSR count). The van der Waals surface area contributed by atoms with E-state index < -0.39 is 5.97 Å². The van der Waals surface area contributed by atoms with Crippen molar-refractivity contribution in [1.29, 1.82) is 0 Å². The van der Waals surface area contributed by atoms with E-state index in [0.29, 0.717) is 0 Å². The number of rotatable bonds is 3. The molecule has 0 saturated heterocycles. The van der Waals surface area contributed by atoms with Gasteiger partial charge in [-0.05, 0) is 48.9 Å². The Hall–Kier alpha value is -1.81. The lowest BCUT2D eigenvalue weighted by Gasteiger charge is -2.06. The van der Waals surface area contributed by atoms with Gasteiger partial charge in [0.1, 0.15) is 5.82 Å². The molecule has 0 bridgehead atoms. The number of benzene rings is 2. The van der Waals surface area contributed by atoms with Crippen molar-refractivity contribution in [2.45, 2.75) is 16.7 Å². The Bertz CT molecular complexity index is 596. The third-order valence-corrected chi connectivity index (χ3v) is 3.61. The summed E-state index contributed by atoms with van der Waals surface area (Å²) >= 11 is 1.42. The predicted molar refractivity (Wildman–Crippen MR) is 68.7 cm³/mol. The molecule has 0 fully saturated rings. The van der Waals surface area contributed by atoms with Crippen molar-refractivity contribution in [2.24, 2.45) is 0 Å². The zero-order valence-electron chi connectivity index (χ0n) is 9.68. The molecule has 0 aliphatic rings. The van der Waals surface area contributed by atoms with Crippen LogP contribution in [0, 0.1) is 12.7 Å². The zero-order valence-corrected chi connectivity index (χ0v) is 10.5. The smallest absolute Gasteiger partial charge is 0.335 e. The van der Waals surface area contributed by atoms with Crippen molar-refractivity contribution in [3.05, 3.63) is 59.4 Å². The van der Waals surface area contributed by atoms with Crippen LogP contribution in [0.1, 0.15) is 15.9 Å². The first-order chi connectivity index (χ1) is 8.56. The second-order valence-electron chi connectivity index (χ2n) is 3.84. The van der Waals surface area contributed by atoms with Gasteiger partial charge in [0.15, 0.2) is 0 Å². The van der Waals surface area contributed by atoms with Gasteiger partial charge in [0.05, 0.1) is 5.56 Å². The first kappa shape index (κ1) is 12.6. The molecule has 0 aliphatic carbocycles. The standard InChI is InChI=1S/C14H11FO2S/c1-9-7-10(14(16)17)5-6-13(9)18-12-4-2-3-11(15)8-12/h2-8H,1H3,(H,16,17). The number of hydrogen-bond acceptors (Lipinski definition) is 2. The molecular weight excluding hydrogens is 251 g/mol.